The van der Waals surface area contributed by atoms with Crippen molar-refractivity contribution in [2.45, 2.75) is 18.5 Å². The summed E-state index contributed by atoms with van der Waals surface area (Å²) < 4.78 is 10.7. The number of carboxylic acids is 2. The van der Waals surface area contributed by atoms with E-state index >= 15 is 0 Å². The molecule has 1 heterocycles. The van der Waals surface area contributed by atoms with E-state index in [2.05, 4.69) is 5.32 Å². The number of benzene rings is 2. The Bertz CT molecular complexity index is 975. The monoisotopic (exact) mass is 444 g/mol. The number of nitrogens with zero attached hydrogens (tertiary/aromatic N) is 1. The molecule has 0 spiro atoms. The number of methoxy groups -OCH3 is 2. The van der Waals surface area contributed by atoms with Crippen molar-refractivity contribution in [2.24, 2.45) is 0 Å². The zero-order chi connectivity index (χ0) is 23.7. The second kappa shape index (κ2) is 11.5. The fourth-order valence-corrected chi connectivity index (χ4v) is 3.43. The molecule has 0 saturated carbocycles. The number of hydrogen-bond donors (Lipinski definition) is 3. The molecule has 0 aromatic heterocycles. The number of ether oxygens (including phenoxy) is 2. The summed E-state index contributed by atoms with van der Waals surface area (Å²) in [4.78, 5) is 30.7. The van der Waals surface area contributed by atoms with Gasteiger partial charge in [-0.2, -0.15) is 0 Å². The minimum absolute atomic E-state index is 0.223. The van der Waals surface area contributed by atoms with Gasteiger partial charge in [0.15, 0.2) is 11.5 Å². The number of rotatable bonds is 7. The summed E-state index contributed by atoms with van der Waals surface area (Å²) in [6.45, 7) is 0.685. The molecule has 0 amide bonds. The predicted molar refractivity (Wildman–Crippen MR) is 115 cm³/mol. The Hall–Kier alpha value is -3.92. The first-order valence-electron chi connectivity index (χ1n) is 9.59. The second-order valence-corrected chi connectivity index (χ2v) is 6.74. The minimum Gasteiger partial charge on any atom is -0.493 e. The zero-order valence-electron chi connectivity index (χ0n) is 17.6. The molecule has 32 heavy (non-hydrogen) atoms. The lowest BCUT2D eigenvalue weighted by atomic mass is 9.87. The second-order valence-electron chi connectivity index (χ2n) is 6.74. The van der Waals surface area contributed by atoms with Crippen molar-refractivity contribution in [1.29, 1.82) is 0 Å². The van der Waals surface area contributed by atoms with Gasteiger partial charge in [-0.3, -0.25) is 10.1 Å². The summed E-state index contributed by atoms with van der Waals surface area (Å²) in [7, 11) is 3.16. The third kappa shape index (κ3) is 6.29. The van der Waals surface area contributed by atoms with E-state index in [4.69, 9.17) is 19.7 Å². The van der Waals surface area contributed by atoms with Crippen molar-refractivity contribution >= 4 is 11.9 Å². The fraction of sp³-hybridized carbons (Fsp3) is 0.273. The van der Waals surface area contributed by atoms with Crippen LogP contribution in [0.3, 0.4) is 0 Å². The van der Waals surface area contributed by atoms with Gasteiger partial charge < -0.3 is 25.0 Å². The van der Waals surface area contributed by atoms with Gasteiger partial charge in [0, 0.05) is 29.2 Å². The number of carbonyl (C=O) groups is 2. The summed E-state index contributed by atoms with van der Waals surface area (Å²) in [5.74, 6) is -1.28. The average molecular weight is 444 g/mol. The lowest BCUT2D eigenvalue weighted by molar-refractivity contribution is -0.535. The van der Waals surface area contributed by atoms with Gasteiger partial charge >= 0.3 is 11.9 Å². The number of nitro groups is 1. The van der Waals surface area contributed by atoms with Gasteiger partial charge in [-0.15, -0.1) is 0 Å². The van der Waals surface area contributed by atoms with E-state index in [9.17, 15) is 19.7 Å². The molecule has 10 heteroatoms. The molecule has 0 bridgehead atoms. The van der Waals surface area contributed by atoms with Crippen LogP contribution in [0.1, 0.15) is 28.8 Å². The number of fused-ring (bicyclic) bond motifs is 1. The lowest BCUT2D eigenvalue weighted by Crippen LogP contribution is -2.36. The number of hydrogen-bond acceptors (Lipinski definition) is 7. The molecule has 3 rings (SSSR count). The van der Waals surface area contributed by atoms with Gasteiger partial charge in [0.1, 0.15) is 6.04 Å². The molecule has 1 aliphatic rings. The Morgan fingerprint density at radius 2 is 1.66 bits per heavy atom. The minimum atomic E-state index is -1.26. The van der Waals surface area contributed by atoms with Crippen LogP contribution in [0.2, 0.25) is 0 Å². The molecule has 1 aliphatic heterocycles. The van der Waals surface area contributed by atoms with Gasteiger partial charge in [-0.05, 0) is 29.7 Å². The van der Waals surface area contributed by atoms with Crippen molar-refractivity contribution in [3.05, 3.63) is 81.4 Å². The van der Waals surface area contributed by atoms with E-state index in [1.165, 1.54) is 0 Å². The van der Waals surface area contributed by atoms with E-state index in [-0.39, 0.29) is 4.92 Å². The highest BCUT2D eigenvalue weighted by atomic mass is 16.6. The van der Waals surface area contributed by atoms with Crippen LogP contribution < -0.4 is 14.8 Å². The maximum Gasteiger partial charge on any atom is 0.328 e. The van der Waals surface area contributed by atoms with Crippen LogP contribution >= 0.6 is 0 Å². The van der Waals surface area contributed by atoms with Crippen LogP contribution in [-0.4, -0.2) is 47.8 Å². The molecule has 2 aromatic rings. The Labute approximate surface area is 184 Å². The summed E-state index contributed by atoms with van der Waals surface area (Å²) >= 11 is 0. The quantitative estimate of drug-likeness (QED) is 0.333. The molecule has 2 atom stereocenters. The number of aliphatic carboxylic acids is 2. The van der Waals surface area contributed by atoms with E-state index in [1.807, 2.05) is 30.3 Å². The van der Waals surface area contributed by atoms with E-state index < -0.39 is 24.0 Å². The first-order valence-corrected chi connectivity index (χ1v) is 9.59. The SMILES string of the molecule is COc1cc2c(cc1OC)C(C(c1ccccc1)[N+](=O)[O-])NCC2.O=C(O)/C=C\C(=O)O. The number of carboxylic acid groups (broad SMARTS) is 2. The van der Waals surface area contributed by atoms with Crippen LogP contribution in [0.5, 0.6) is 11.5 Å². The van der Waals surface area contributed by atoms with Crippen molar-refractivity contribution in [2.75, 3.05) is 20.8 Å². The molecular formula is C22H24N2O8. The van der Waals surface area contributed by atoms with Gasteiger partial charge in [0.2, 0.25) is 0 Å². The highest BCUT2D eigenvalue weighted by Gasteiger charge is 2.37. The molecule has 0 radical (unpaired) electrons. The Kier molecular flexibility index (Phi) is 8.72. The fourth-order valence-electron chi connectivity index (χ4n) is 3.43. The Morgan fingerprint density at radius 3 is 2.16 bits per heavy atom. The molecular weight excluding hydrogens is 420 g/mol. The van der Waals surface area contributed by atoms with Crippen molar-refractivity contribution in [3.63, 3.8) is 0 Å². The van der Waals surface area contributed by atoms with E-state index in [0.717, 1.165) is 17.5 Å². The molecule has 0 fully saturated rings. The molecule has 2 unspecified atom stereocenters. The van der Waals surface area contributed by atoms with Gasteiger partial charge in [0.25, 0.3) is 6.04 Å². The standard InChI is InChI=1S/C18H20N2O4.C4H4O4/c1-23-15-10-13-8-9-19-17(14(13)11-16(15)24-2)18(20(21)22)12-6-4-3-5-7-12;5-3(6)1-2-4(7)8/h3-7,10-11,17-19H,8-9H2,1-2H3;1-2H,(H,5,6)(H,7,8)/b;2-1-. The van der Waals surface area contributed by atoms with Gasteiger partial charge in [-0.25, -0.2) is 9.59 Å². The Balaban J connectivity index is 0.000000390. The van der Waals surface area contributed by atoms with Crippen LogP contribution in [0.15, 0.2) is 54.6 Å². The third-order valence-corrected chi connectivity index (χ3v) is 4.79. The maximum absolute atomic E-state index is 11.8. The summed E-state index contributed by atoms with van der Waals surface area (Å²) in [5.41, 5.74) is 2.63. The van der Waals surface area contributed by atoms with Gasteiger partial charge in [-0.1, -0.05) is 30.3 Å². The molecule has 3 N–H and O–H groups in total. The van der Waals surface area contributed by atoms with Crippen LogP contribution in [0.4, 0.5) is 0 Å². The van der Waals surface area contributed by atoms with Crippen molar-refractivity contribution in [3.8, 4) is 11.5 Å². The summed E-state index contributed by atoms with van der Waals surface area (Å²) in [5, 5.41) is 30.7. The molecule has 2 aromatic carbocycles. The largest absolute Gasteiger partial charge is 0.493 e. The number of nitrogens with one attached hydrogen (secondary N) is 1. The molecule has 170 valence electrons. The molecule has 10 nitrogen and oxygen atoms in total. The normalized spacial score (nSPS) is 15.6. The first-order chi connectivity index (χ1) is 15.3. The average Bonchev–Trinajstić information content (AvgIpc) is 2.78. The first kappa shape index (κ1) is 24.4. The molecule has 0 aliphatic carbocycles. The predicted octanol–water partition coefficient (Wildman–Crippen LogP) is 2.62. The van der Waals surface area contributed by atoms with Crippen molar-refractivity contribution < 1.29 is 34.2 Å². The topological polar surface area (TPSA) is 148 Å². The van der Waals surface area contributed by atoms with Gasteiger partial charge in [0.05, 0.1) is 14.2 Å². The zero-order valence-corrected chi connectivity index (χ0v) is 17.6. The van der Waals surface area contributed by atoms with Crippen LogP contribution in [0.25, 0.3) is 0 Å². The molecule has 0 saturated heterocycles. The highest BCUT2D eigenvalue weighted by molar-refractivity contribution is 5.89. The summed E-state index contributed by atoms with van der Waals surface area (Å²) in [6, 6.07) is 11.6. The van der Waals surface area contributed by atoms with E-state index in [0.29, 0.717) is 35.8 Å². The van der Waals surface area contributed by atoms with Crippen LogP contribution in [0, 0.1) is 10.1 Å². The smallest absolute Gasteiger partial charge is 0.328 e. The third-order valence-electron chi connectivity index (χ3n) is 4.79. The summed E-state index contributed by atoms with van der Waals surface area (Å²) in [6.07, 6.45) is 1.91. The maximum atomic E-state index is 11.8. The van der Waals surface area contributed by atoms with E-state index in [1.54, 1.807) is 26.4 Å². The lowest BCUT2D eigenvalue weighted by Gasteiger charge is -2.30. The van der Waals surface area contributed by atoms with Crippen molar-refractivity contribution in [1.82, 2.24) is 5.32 Å². The van der Waals surface area contributed by atoms with Crippen LogP contribution in [-0.2, 0) is 16.0 Å². The Morgan fingerprint density at radius 1 is 1.09 bits per heavy atom. The highest BCUT2D eigenvalue weighted by Crippen LogP contribution is 2.40.